The van der Waals surface area contributed by atoms with Crippen molar-refractivity contribution < 1.29 is 0 Å². The topological polar surface area (TPSA) is 47.1 Å². The summed E-state index contributed by atoms with van der Waals surface area (Å²) in [6, 6.07) is 2.53. The monoisotopic (exact) mass is 166 g/mol. The van der Waals surface area contributed by atoms with Gasteiger partial charge in [0.15, 0.2) is 0 Å². The van der Waals surface area contributed by atoms with E-state index in [4.69, 9.17) is 5.73 Å². The highest BCUT2D eigenvalue weighted by Crippen LogP contribution is 2.19. The molecule has 0 aliphatic carbocycles. The summed E-state index contributed by atoms with van der Waals surface area (Å²) in [4.78, 5) is 2.27. The second-order valence-corrected chi connectivity index (χ2v) is 3.35. The number of likely N-dealkylation sites (N-methyl/N-ethyl adjacent to an activating group) is 1. The van der Waals surface area contributed by atoms with E-state index in [0.717, 1.165) is 18.8 Å². The summed E-state index contributed by atoms with van der Waals surface area (Å²) in [7, 11) is 2.11. The molecule has 1 fully saturated rings. The van der Waals surface area contributed by atoms with Crippen molar-refractivity contribution in [3.8, 4) is 0 Å². The zero-order valence-corrected chi connectivity index (χ0v) is 7.27. The summed E-state index contributed by atoms with van der Waals surface area (Å²) < 4.78 is 2.04. The summed E-state index contributed by atoms with van der Waals surface area (Å²) in [5.74, 6) is 0. The molecule has 2 rings (SSSR count). The minimum Gasteiger partial charge on any atom is -0.325 e. The minimum atomic E-state index is 0.545. The quantitative estimate of drug-likeness (QED) is 0.663. The van der Waals surface area contributed by atoms with Crippen molar-refractivity contribution in [1.82, 2.24) is 14.7 Å². The maximum atomic E-state index is 5.57. The molecule has 1 aliphatic heterocycles. The molecule has 0 atom stereocenters. The van der Waals surface area contributed by atoms with Crippen molar-refractivity contribution in [3.05, 3.63) is 18.0 Å². The van der Waals surface area contributed by atoms with Gasteiger partial charge >= 0.3 is 0 Å². The second kappa shape index (κ2) is 2.88. The maximum absolute atomic E-state index is 5.57. The van der Waals surface area contributed by atoms with Gasteiger partial charge < -0.3 is 10.6 Å². The maximum Gasteiger partial charge on any atom is 0.0776 e. The average Bonchev–Trinajstić information content (AvgIpc) is 2.45. The first-order chi connectivity index (χ1) is 5.81. The third-order valence-corrected chi connectivity index (χ3v) is 2.35. The lowest BCUT2D eigenvalue weighted by molar-refractivity contribution is 0.128. The highest BCUT2D eigenvalue weighted by molar-refractivity contribution is 5.03. The zero-order chi connectivity index (χ0) is 8.55. The Balaban J connectivity index is 2.12. The molecule has 0 bridgehead atoms. The molecule has 4 nitrogen and oxygen atoms in total. The Morgan fingerprint density at radius 3 is 3.00 bits per heavy atom. The van der Waals surface area contributed by atoms with E-state index in [1.165, 1.54) is 0 Å². The standard InChI is InChI=1S/C8H14N4/c1-11-5-8(6-11)12-7(4-9)2-3-10-12/h2-3,8H,4-6,9H2,1H3. The molecule has 0 saturated carbocycles. The molecule has 66 valence electrons. The molecule has 0 amide bonds. The van der Waals surface area contributed by atoms with Crippen LogP contribution in [0.2, 0.25) is 0 Å². The van der Waals surface area contributed by atoms with Crippen LogP contribution in [-0.2, 0) is 6.54 Å². The van der Waals surface area contributed by atoms with Gasteiger partial charge in [0.2, 0.25) is 0 Å². The fourth-order valence-electron chi connectivity index (χ4n) is 1.65. The largest absolute Gasteiger partial charge is 0.325 e. The van der Waals surface area contributed by atoms with Gasteiger partial charge in [-0.25, -0.2) is 0 Å². The first kappa shape index (κ1) is 7.76. The fourth-order valence-corrected chi connectivity index (χ4v) is 1.65. The number of hydrogen-bond acceptors (Lipinski definition) is 3. The van der Waals surface area contributed by atoms with Gasteiger partial charge in [0, 0.05) is 25.8 Å². The van der Waals surface area contributed by atoms with Crippen molar-refractivity contribution >= 4 is 0 Å². The molecule has 12 heavy (non-hydrogen) atoms. The minimum absolute atomic E-state index is 0.545. The molecule has 2 heterocycles. The summed E-state index contributed by atoms with van der Waals surface area (Å²) in [5.41, 5.74) is 6.70. The Hall–Kier alpha value is -0.870. The third kappa shape index (κ3) is 1.13. The predicted molar refractivity (Wildman–Crippen MR) is 46.7 cm³/mol. The van der Waals surface area contributed by atoms with Gasteiger partial charge in [0.05, 0.1) is 11.7 Å². The summed E-state index contributed by atoms with van der Waals surface area (Å²) >= 11 is 0. The van der Waals surface area contributed by atoms with E-state index in [2.05, 4.69) is 17.0 Å². The summed E-state index contributed by atoms with van der Waals surface area (Å²) in [5, 5.41) is 4.25. The molecule has 1 aliphatic rings. The normalized spacial score (nSPS) is 19.5. The van der Waals surface area contributed by atoms with Crippen molar-refractivity contribution in [1.29, 1.82) is 0 Å². The van der Waals surface area contributed by atoms with Crippen LogP contribution in [0.5, 0.6) is 0 Å². The first-order valence-electron chi connectivity index (χ1n) is 4.22. The molecular formula is C8H14N4. The van der Waals surface area contributed by atoms with Gasteiger partial charge in [-0.1, -0.05) is 0 Å². The number of rotatable bonds is 2. The Morgan fingerprint density at radius 1 is 1.67 bits per heavy atom. The van der Waals surface area contributed by atoms with Crippen molar-refractivity contribution in [2.45, 2.75) is 12.6 Å². The zero-order valence-electron chi connectivity index (χ0n) is 7.27. The lowest BCUT2D eigenvalue weighted by atomic mass is 10.1. The highest BCUT2D eigenvalue weighted by Gasteiger charge is 2.26. The van der Waals surface area contributed by atoms with Gasteiger partial charge in [-0.05, 0) is 13.1 Å². The van der Waals surface area contributed by atoms with Gasteiger partial charge in [0.25, 0.3) is 0 Å². The molecule has 1 aromatic heterocycles. The SMILES string of the molecule is CN1CC(n2nccc2CN)C1. The summed E-state index contributed by atoms with van der Waals surface area (Å²) in [6.45, 7) is 2.77. The van der Waals surface area contributed by atoms with E-state index in [1.807, 2.05) is 16.9 Å². The summed E-state index contributed by atoms with van der Waals surface area (Å²) in [6.07, 6.45) is 1.82. The molecule has 4 heteroatoms. The Bertz CT molecular complexity index is 262. The van der Waals surface area contributed by atoms with Crippen molar-refractivity contribution in [2.75, 3.05) is 20.1 Å². The lowest BCUT2D eigenvalue weighted by Crippen LogP contribution is -2.45. The second-order valence-electron chi connectivity index (χ2n) is 3.35. The molecule has 0 aromatic carbocycles. The van der Waals surface area contributed by atoms with Crippen LogP contribution in [0, 0.1) is 0 Å². The van der Waals surface area contributed by atoms with Crippen molar-refractivity contribution in [2.24, 2.45) is 5.73 Å². The van der Waals surface area contributed by atoms with Gasteiger partial charge in [-0.15, -0.1) is 0 Å². The molecular weight excluding hydrogens is 152 g/mol. The number of nitrogens with zero attached hydrogens (tertiary/aromatic N) is 3. The number of aromatic nitrogens is 2. The van der Waals surface area contributed by atoms with Gasteiger partial charge in [0.1, 0.15) is 0 Å². The number of likely N-dealkylation sites (tertiary alicyclic amines) is 1. The van der Waals surface area contributed by atoms with Crippen LogP contribution in [0.3, 0.4) is 0 Å². The van der Waals surface area contributed by atoms with Crippen LogP contribution in [0.4, 0.5) is 0 Å². The molecule has 1 saturated heterocycles. The van der Waals surface area contributed by atoms with E-state index in [-0.39, 0.29) is 0 Å². The van der Waals surface area contributed by atoms with E-state index < -0.39 is 0 Å². The van der Waals surface area contributed by atoms with E-state index >= 15 is 0 Å². The Kier molecular flexibility index (Phi) is 1.86. The van der Waals surface area contributed by atoms with E-state index in [1.54, 1.807) is 0 Å². The third-order valence-electron chi connectivity index (χ3n) is 2.35. The average molecular weight is 166 g/mol. The number of hydrogen-bond donors (Lipinski definition) is 1. The first-order valence-corrected chi connectivity index (χ1v) is 4.22. The smallest absolute Gasteiger partial charge is 0.0776 e. The van der Waals surface area contributed by atoms with Crippen LogP contribution in [0.25, 0.3) is 0 Å². The number of nitrogens with two attached hydrogens (primary N) is 1. The van der Waals surface area contributed by atoms with Crippen LogP contribution in [-0.4, -0.2) is 34.8 Å². The highest BCUT2D eigenvalue weighted by atomic mass is 15.4. The van der Waals surface area contributed by atoms with Crippen LogP contribution >= 0.6 is 0 Å². The molecule has 2 N–H and O–H groups in total. The predicted octanol–water partition coefficient (Wildman–Crippen LogP) is -0.172. The lowest BCUT2D eigenvalue weighted by Gasteiger charge is -2.36. The van der Waals surface area contributed by atoms with Gasteiger partial charge in [-0.3, -0.25) is 4.68 Å². The Morgan fingerprint density at radius 2 is 2.42 bits per heavy atom. The van der Waals surface area contributed by atoms with E-state index in [9.17, 15) is 0 Å². The van der Waals surface area contributed by atoms with Crippen molar-refractivity contribution in [3.63, 3.8) is 0 Å². The Labute approximate surface area is 72.0 Å². The molecule has 0 radical (unpaired) electrons. The van der Waals surface area contributed by atoms with E-state index in [0.29, 0.717) is 12.6 Å². The van der Waals surface area contributed by atoms with Gasteiger partial charge in [-0.2, -0.15) is 5.10 Å². The van der Waals surface area contributed by atoms with Crippen LogP contribution in [0.1, 0.15) is 11.7 Å². The molecule has 0 unspecified atom stereocenters. The van der Waals surface area contributed by atoms with Crippen LogP contribution in [0.15, 0.2) is 12.3 Å². The van der Waals surface area contributed by atoms with Crippen LogP contribution < -0.4 is 5.73 Å². The molecule has 0 spiro atoms. The molecule has 1 aromatic rings. The fraction of sp³-hybridized carbons (Fsp3) is 0.625.